The molecule has 1 N–H and O–H groups in total. The fraction of sp³-hybridized carbons (Fsp3) is 0.250. The normalized spacial score (nSPS) is 10.4. The van der Waals surface area contributed by atoms with Gasteiger partial charge in [0, 0.05) is 5.56 Å². The first-order chi connectivity index (χ1) is 7.74. The van der Waals surface area contributed by atoms with Crippen LogP contribution in [0.15, 0.2) is 29.1 Å². The molecule has 3 nitrogen and oxygen atoms in total. The number of rotatable bonds is 3. The smallest absolute Gasteiger partial charge is 0.174 e. The molecule has 1 heterocycles. The van der Waals surface area contributed by atoms with Gasteiger partial charge < -0.3 is 9.72 Å². The van der Waals surface area contributed by atoms with Crippen molar-refractivity contribution >= 4 is 15.9 Å². The number of aromatic amines is 1. The molecule has 0 atom stereocenters. The fourth-order valence-electron chi connectivity index (χ4n) is 1.67. The summed E-state index contributed by atoms with van der Waals surface area (Å²) >= 11 is 3.30. The van der Waals surface area contributed by atoms with Crippen LogP contribution in [0.4, 0.5) is 0 Å². The fourth-order valence-corrected chi connectivity index (χ4v) is 1.98. The second-order valence-electron chi connectivity index (χ2n) is 3.47. The molecule has 0 aliphatic carbocycles. The average molecular weight is 281 g/mol. The third-order valence-corrected chi connectivity index (χ3v) is 2.92. The second kappa shape index (κ2) is 4.70. The topological polar surface area (TPSA) is 37.9 Å². The van der Waals surface area contributed by atoms with E-state index >= 15 is 0 Å². The number of hydrogen-bond acceptors (Lipinski definition) is 2. The zero-order valence-corrected chi connectivity index (χ0v) is 10.8. The molecule has 2 rings (SSSR count). The van der Waals surface area contributed by atoms with E-state index in [4.69, 9.17) is 4.74 Å². The first-order valence-electron chi connectivity index (χ1n) is 5.12. The number of aromatic nitrogens is 2. The summed E-state index contributed by atoms with van der Waals surface area (Å²) < 4.78 is 6.04. The Morgan fingerprint density at radius 2 is 2.25 bits per heavy atom. The number of hydrogen-bond donors (Lipinski definition) is 1. The Hall–Kier alpha value is -1.29. The van der Waals surface area contributed by atoms with Crippen LogP contribution in [-0.2, 0) is 6.42 Å². The van der Waals surface area contributed by atoms with Crippen molar-refractivity contribution in [1.29, 1.82) is 0 Å². The minimum absolute atomic E-state index is 0.747. The minimum atomic E-state index is 0.747. The summed E-state index contributed by atoms with van der Waals surface area (Å²) in [5.41, 5.74) is 3.32. The van der Waals surface area contributed by atoms with Gasteiger partial charge in [0.05, 0.1) is 19.0 Å². The SMILES string of the molecule is CCc1cc(-c2cnc(Br)[nH]2)ccc1OC. The Labute approximate surface area is 103 Å². The summed E-state index contributed by atoms with van der Waals surface area (Å²) in [4.78, 5) is 7.27. The Bertz CT molecular complexity index is 494. The van der Waals surface area contributed by atoms with Crippen molar-refractivity contribution in [2.75, 3.05) is 7.11 Å². The van der Waals surface area contributed by atoms with E-state index in [2.05, 4.69) is 38.9 Å². The molecule has 16 heavy (non-hydrogen) atoms. The van der Waals surface area contributed by atoms with Crippen LogP contribution < -0.4 is 4.74 Å². The third kappa shape index (κ3) is 2.11. The van der Waals surface area contributed by atoms with Gasteiger partial charge in [-0.3, -0.25) is 0 Å². The molecule has 0 aliphatic rings. The predicted octanol–water partition coefficient (Wildman–Crippen LogP) is 3.41. The molecular weight excluding hydrogens is 268 g/mol. The Morgan fingerprint density at radius 1 is 1.44 bits per heavy atom. The van der Waals surface area contributed by atoms with Crippen molar-refractivity contribution in [1.82, 2.24) is 9.97 Å². The quantitative estimate of drug-likeness (QED) is 0.936. The van der Waals surface area contributed by atoms with Crippen LogP contribution in [0.1, 0.15) is 12.5 Å². The second-order valence-corrected chi connectivity index (χ2v) is 4.22. The maximum Gasteiger partial charge on any atom is 0.174 e. The number of nitrogens with zero attached hydrogens (tertiary/aromatic N) is 1. The van der Waals surface area contributed by atoms with E-state index in [1.807, 2.05) is 18.3 Å². The summed E-state index contributed by atoms with van der Waals surface area (Å²) in [5, 5.41) is 0. The Morgan fingerprint density at radius 3 is 2.81 bits per heavy atom. The van der Waals surface area contributed by atoms with Gasteiger partial charge in [-0.1, -0.05) is 6.92 Å². The zero-order chi connectivity index (χ0) is 11.5. The molecular formula is C12H13BrN2O. The van der Waals surface area contributed by atoms with Crippen molar-refractivity contribution in [3.05, 3.63) is 34.7 Å². The zero-order valence-electron chi connectivity index (χ0n) is 9.25. The lowest BCUT2D eigenvalue weighted by Crippen LogP contribution is -1.91. The molecule has 4 heteroatoms. The van der Waals surface area contributed by atoms with E-state index in [1.165, 1.54) is 5.56 Å². The van der Waals surface area contributed by atoms with Gasteiger partial charge in [-0.25, -0.2) is 4.98 Å². The van der Waals surface area contributed by atoms with Crippen molar-refractivity contribution in [3.8, 4) is 17.0 Å². The lowest BCUT2D eigenvalue weighted by Gasteiger charge is -2.08. The highest BCUT2D eigenvalue weighted by molar-refractivity contribution is 9.10. The first-order valence-corrected chi connectivity index (χ1v) is 5.91. The number of imidazole rings is 1. The highest BCUT2D eigenvalue weighted by Gasteiger charge is 2.06. The highest BCUT2D eigenvalue weighted by Crippen LogP contribution is 2.26. The van der Waals surface area contributed by atoms with Gasteiger partial charge in [0.25, 0.3) is 0 Å². The van der Waals surface area contributed by atoms with E-state index in [9.17, 15) is 0 Å². The molecule has 0 unspecified atom stereocenters. The van der Waals surface area contributed by atoms with E-state index < -0.39 is 0 Å². The third-order valence-electron chi connectivity index (χ3n) is 2.52. The number of methoxy groups -OCH3 is 1. The lowest BCUT2D eigenvalue weighted by molar-refractivity contribution is 0.410. The number of H-pyrrole nitrogens is 1. The number of benzene rings is 1. The molecule has 0 saturated heterocycles. The number of halogens is 1. The molecule has 2 aromatic rings. The monoisotopic (exact) mass is 280 g/mol. The van der Waals surface area contributed by atoms with Gasteiger partial charge in [0.2, 0.25) is 0 Å². The summed E-state index contributed by atoms with van der Waals surface area (Å²) in [6.45, 7) is 2.12. The maximum absolute atomic E-state index is 5.30. The lowest BCUT2D eigenvalue weighted by atomic mass is 10.1. The van der Waals surface area contributed by atoms with E-state index in [0.717, 1.165) is 28.2 Å². The summed E-state index contributed by atoms with van der Waals surface area (Å²) in [6, 6.07) is 6.14. The first kappa shape index (κ1) is 11.2. The molecule has 0 amide bonds. The van der Waals surface area contributed by atoms with Crippen molar-refractivity contribution in [3.63, 3.8) is 0 Å². The van der Waals surface area contributed by atoms with E-state index in [0.29, 0.717) is 0 Å². The number of ether oxygens (including phenoxy) is 1. The van der Waals surface area contributed by atoms with Gasteiger partial charge in [-0.05, 0) is 46.1 Å². The Balaban J connectivity index is 2.43. The van der Waals surface area contributed by atoms with Gasteiger partial charge >= 0.3 is 0 Å². The van der Waals surface area contributed by atoms with Crippen LogP contribution in [0.25, 0.3) is 11.3 Å². The summed E-state index contributed by atoms with van der Waals surface area (Å²) in [5.74, 6) is 0.935. The summed E-state index contributed by atoms with van der Waals surface area (Å²) in [6.07, 6.45) is 2.76. The Kier molecular flexibility index (Phi) is 3.29. The van der Waals surface area contributed by atoms with Crippen molar-refractivity contribution in [2.45, 2.75) is 13.3 Å². The largest absolute Gasteiger partial charge is 0.496 e. The van der Waals surface area contributed by atoms with E-state index in [-0.39, 0.29) is 0 Å². The molecule has 0 bridgehead atoms. The minimum Gasteiger partial charge on any atom is -0.496 e. The van der Waals surface area contributed by atoms with Crippen LogP contribution in [0.2, 0.25) is 0 Å². The molecule has 1 aromatic heterocycles. The highest BCUT2D eigenvalue weighted by atomic mass is 79.9. The average Bonchev–Trinajstić information content (AvgIpc) is 2.75. The van der Waals surface area contributed by atoms with Gasteiger partial charge in [0.1, 0.15) is 5.75 Å². The van der Waals surface area contributed by atoms with Gasteiger partial charge in [0.15, 0.2) is 4.73 Å². The molecule has 0 fully saturated rings. The van der Waals surface area contributed by atoms with Gasteiger partial charge in [-0.2, -0.15) is 0 Å². The van der Waals surface area contributed by atoms with Crippen LogP contribution >= 0.6 is 15.9 Å². The van der Waals surface area contributed by atoms with Crippen LogP contribution in [0.5, 0.6) is 5.75 Å². The number of nitrogens with one attached hydrogen (secondary N) is 1. The molecule has 1 aromatic carbocycles. The van der Waals surface area contributed by atoms with Crippen LogP contribution in [-0.4, -0.2) is 17.1 Å². The standard InChI is InChI=1S/C12H13BrN2O/c1-3-8-6-9(4-5-11(8)16-2)10-7-14-12(13)15-10/h4-7H,3H2,1-2H3,(H,14,15). The van der Waals surface area contributed by atoms with Crippen molar-refractivity contribution in [2.24, 2.45) is 0 Å². The molecule has 0 spiro atoms. The van der Waals surface area contributed by atoms with E-state index in [1.54, 1.807) is 7.11 Å². The van der Waals surface area contributed by atoms with Crippen LogP contribution in [0, 0.1) is 0 Å². The van der Waals surface area contributed by atoms with Gasteiger partial charge in [-0.15, -0.1) is 0 Å². The van der Waals surface area contributed by atoms with Crippen molar-refractivity contribution < 1.29 is 4.74 Å². The predicted molar refractivity (Wildman–Crippen MR) is 67.7 cm³/mol. The summed E-state index contributed by atoms with van der Waals surface area (Å²) in [7, 11) is 1.70. The number of aryl methyl sites for hydroxylation is 1. The molecule has 0 aliphatic heterocycles. The molecule has 84 valence electrons. The maximum atomic E-state index is 5.30. The molecule has 0 radical (unpaired) electrons. The molecule has 0 saturated carbocycles. The van der Waals surface area contributed by atoms with Crippen LogP contribution in [0.3, 0.4) is 0 Å².